The topological polar surface area (TPSA) is 89.6 Å². The van der Waals surface area contributed by atoms with Gasteiger partial charge in [0.1, 0.15) is 11.6 Å². The number of para-hydroxylation sites is 2. The van der Waals surface area contributed by atoms with Crippen molar-refractivity contribution in [3.05, 3.63) is 175 Å². The van der Waals surface area contributed by atoms with E-state index in [1.807, 2.05) is 91.0 Å². The molecule has 0 saturated carbocycles. The Bertz CT molecular complexity index is 2300. The lowest BCUT2D eigenvalue weighted by atomic mass is 10.1. The monoisotopic (exact) mass is 666 g/mol. The van der Waals surface area contributed by atoms with E-state index in [1.54, 1.807) is 43.0 Å². The van der Waals surface area contributed by atoms with Gasteiger partial charge < -0.3 is 11.1 Å². The summed E-state index contributed by atoms with van der Waals surface area (Å²) < 4.78 is 25.6. The maximum atomic E-state index is 13.5. The molecule has 0 fully saturated rings. The van der Waals surface area contributed by atoms with Gasteiger partial charge in [-0.3, -0.25) is 9.97 Å². The van der Waals surface area contributed by atoms with Crippen LogP contribution in [0.4, 0.5) is 25.8 Å². The molecule has 4 aromatic carbocycles. The molecule has 0 aliphatic carbocycles. The second kappa shape index (κ2) is 15.6. The summed E-state index contributed by atoms with van der Waals surface area (Å²) in [7, 11) is 0. The third-order valence-corrected chi connectivity index (χ3v) is 7.60. The first kappa shape index (κ1) is 32.7. The van der Waals surface area contributed by atoms with Gasteiger partial charge in [0.05, 0.1) is 33.1 Å². The van der Waals surface area contributed by atoms with E-state index in [0.29, 0.717) is 11.4 Å². The molecule has 8 aromatic rings. The van der Waals surface area contributed by atoms with E-state index in [9.17, 15) is 8.78 Å². The first-order chi connectivity index (χ1) is 23.9. The number of rotatable bonds is 4. The molecule has 0 aliphatic heterocycles. The number of nitrogens with zero attached hydrogens (tertiary/aromatic N) is 4. The van der Waals surface area contributed by atoms with E-state index in [0.717, 1.165) is 55.0 Å². The molecule has 0 spiro atoms. The lowest BCUT2D eigenvalue weighted by Crippen LogP contribution is -1.95. The van der Waals surface area contributed by atoms with Gasteiger partial charge in [-0.2, -0.15) is 0 Å². The van der Waals surface area contributed by atoms with Crippen LogP contribution in [0, 0.1) is 11.6 Å². The number of nitrogens with one attached hydrogen (secondary N) is 1. The summed E-state index contributed by atoms with van der Waals surface area (Å²) in [6.45, 7) is 0. The Morgan fingerprint density at radius 2 is 1.06 bits per heavy atom. The standard InChI is InChI=1S/C20H14FN3.C14H9ClN2.C6H6FN/c21-15-4-3-5-16(12-15)23-20-13-19(14-8-10-22-11-9-14)24-18-7-2-1-6-17(18)20;15-12-9-14(10-5-7-16-8-6-10)17-13-4-2-1-3-11(12)13;7-5-2-1-3-6(8)4-5/h1-13H,(H,23,24);1-9H;1-4H,8H2. The van der Waals surface area contributed by atoms with Gasteiger partial charge >= 0.3 is 0 Å². The molecule has 6 nitrogen and oxygen atoms in total. The van der Waals surface area contributed by atoms with Crippen molar-refractivity contribution in [3.63, 3.8) is 0 Å². The summed E-state index contributed by atoms with van der Waals surface area (Å²) in [6.07, 6.45) is 6.98. The van der Waals surface area contributed by atoms with E-state index in [1.165, 1.54) is 24.3 Å². The number of pyridine rings is 4. The van der Waals surface area contributed by atoms with Gasteiger partial charge in [0, 0.05) is 58.1 Å². The highest BCUT2D eigenvalue weighted by Gasteiger charge is 2.09. The maximum absolute atomic E-state index is 13.5. The van der Waals surface area contributed by atoms with Gasteiger partial charge in [0.25, 0.3) is 0 Å². The molecule has 8 rings (SSSR count). The second-order valence-electron chi connectivity index (χ2n) is 10.7. The summed E-state index contributed by atoms with van der Waals surface area (Å²) in [4.78, 5) is 17.4. The Hall–Kier alpha value is -6.25. The smallest absolute Gasteiger partial charge is 0.125 e. The molecule has 3 N–H and O–H groups in total. The first-order valence-electron chi connectivity index (χ1n) is 15.2. The highest BCUT2D eigenvalue weighted by molar-refractivity contribution is 6.35. The minimum Gasteiger partial charge on any atom is -0.399 e. The van der Waals surface area contributed by atoms with Gasteiger partial charge in [-0.1, -0.05) is 60.1 Å². The van der Waals surface area contributed by atoms with Gasteiger partial charge in [-0.05, 0) is 84.9 Å². The van der Waals surface area contributed by atoms with Crippen LogP contribution in [0.1, 0.15) is 0 Å². The van der Waals surface area contributed by atoms with Crippen LogP contribution < -0.4 is 11.1 Å². The number of halogens is 3. The Balaban J connectivity index is 0.000000144. The fraction of sp³-hybridized carbons (Fsp3) is 0. The Morgan fingerprint density at radius 1 is 0.531 bits per heavy atom. The van der Waals surface area contributed by atoms with Crippen molar-refractivity contribution in [2.24, 2.45) is 0 Å². The number of nitrogens with two attached hydrogens (primary N) is 1. The van der Waals surface area contributed by atoms with Crippen molar-refractivity contribution in [3.8, 4) is 22.5 Å². The fourth-order valence-corrected chi connectivity index (χ4v) is 5.24. The maximum Gasteiger partial charge on any atom is 0.125 e. The van der Waals surface area contributed by atoms with Crippen LogP contribution in [0.25, 0.3) is 44.3 Å². The second-order valence-corrected chi connectivity index (χ2v) is 11.1. The molecular formula is C40H29ClF2N6. The van der Waals surface area contributed by atoms with E-state index >= 15 is 0 Å². The molecule has 0 aliphatic rings. The minimum atomic E-state index is -0.287. The van der Waals surface area contributed by atoms with Crippen molar-refractivity contribution in [2.75, 3.05) is 11.1 Å². The van der Waals surface area contributed by atoms with Crippen LogP contribution in [0.3, 0.4) is 0 Å². The Labute approximate surface area is 286 Å². The number of aromatic nitrogens is 4. The molecule has 0 unspecified atom stereocenters. The highest BCUT2D eigenvalue weighted by Crippen LogP contribution is 2.31. The zero-order chi connectivity index (χ0) is 34.0. The van der Waals surface area contributed by atoms with E-state index in [-0.39, 0.29) is 11.6 Å². The van der Waals surface area contributed by atoms with Gasteiger partial charge in [0.2, 0.25) is 0 Å². The van der Waals surface area contributed by atoms with Crippen molar-refractivity contribution in [1.82, 2.24) is 19.9 Å². The molecule has 4 heterocycles. The summed E-state index contributed by atoms with van der Waals surface area (Å²) in [6, 6.07) is 39.6. The number of fused-ring (bicyclic) bond motifs is 2. The number of benzene rings is 4. The zero-order valence-corrected chi connectivity index (χ0v) is 26.8. The summed E-state index contributed by atoms with van der Waals surface area (Å²) in [5, 5.41) is 5.99. The first-order valence-corrected chi connectivity index (χ1v) is 15.6. The highest BCUT2D eigenvalue weighted by atomic mass is 35.5. The van der Waals surface area contributed by atoms with Crippen molar-refractivity contribution in [1.29, 1.82) is 0 Å². The lowest BCUT2D eigenvalue weighted by molar-refractivity contribution is 0.628. The SMILES string of the molecule is Clc1cc(-c2ccncc2)nc2ccccc12.Fc1cccc(Nc2cc(-c3ccncc3)nc3ccccc23)c1.Nc1cccc(F)c1. The minimum absolute atomic E-state index is 0.271. The van der Waals surface area contributed by atoms with E-state index in [4.69, 9.17) is 22.3 Å². The molecule has 4 aromatic heterocycles. The zero-order valence-electron chi connectivity index (χ0n) is 26.0. The summed E-state index contributed by atoms with van der Waals surface area (Å²) in [5.74, 6) is -0.558. The van der Waals surface area contributed by atoms with Crippen molar-refractivity contribution < 1.29 is 8.78 Å². The van der Waals surface area contributed by atoms with Crippen LogP contribution in [0.5, 0.6) is 0 Å². The van der Waals surface area contributed by atoms with Crippen LogP contribution in [0.15, 0.2) is 158 Å². The predicted octanol–water partition coefficient (Wildman–Crippen LogP) is 10.5. The fourth-order valence-electron chi connectivity index (χ4n) is 4.98. The summed E-state index contributed by atoms with van der Waals surface area (Å²) in [5.41, 5.74) is 12.8. The molecule has 0 amide bonds. The predicted molar refractivity (Wildman–Crippen MR) is 195 cm³/mol. The number of anilines is 3. The molecule has 0 radical (unpaired) electrons. The average Bonchev–Trinajstić information content (AvgIpc) is 3.13. The van der Waals surface area contributed by atoms with Crippen LogP contribution >= 0.6 is 11.6 Å². The largest absolute Gasteiger partial charge is 0.399 e. The average molecular weight is 667 g/mol. The Morgan fingerprint density at radius 3 is 1.63 bits per heavy atom. The van der Waals surface area contributed by atoms with E-state index < -0.39 is 0 Å². The van der Waals surface area contributed by atoms with Crippen molar-refractivity contribution >= 4 is 50.5 Å². The van der Waals surface area contributed by atoms with Crippen LogP contribution in [-0.2, 0) is 0 Å². The van der Waals surface area contributed by atoms with Gasteiger partial charge in [-0.15, -0.1) is 0 Å². The molecule has 9 heteroatoms. The normalized spacial score (nSPS) is 10.4. The van der Waals surface area contributed by atoms with Crippen LogP contribution in [-0.4, -0.2) is 19.9 Å². The molecule has 49 heavy (non-hydrogen) atoms. The molecule has 0 saturated heterocycles. The molecule has 240 valence electrons. The molecule has 0 atom stereocenters. The molecule has 0 bridgehead atoms. The lowest BCUT2D eigenvalue weighted by Gasteiger charge is -2.12. The third kappa shape index (κ3) is 8.57. The van der Waals surface area contributed by atoms with Gasteiger partial charge in [0.15, 0.2) is 0 Å². The molecular weight excluding hydrogens is 638 g/mol. The Kier molecular flexibility index (Phi) is 10.4. The number of nitrogen functional groups attached to an aromatic ring is 1. The van der Waals surface area contributed by atoms with Crippen molar-refractivity contribution in [2.45, 2.75) is 0 Å². The van der Waals surface area contributed by atoms with E-state index in [2.05, 4.69) is 20.3 Å². The summed E-state index contributed by atoms with van der Waals surface area (Å²) >= 11 is 6.26. The third-order valence-electron chi connectivity index (χ3n) is 7.29. The number of hydrogen-bond acceptors (Lipinski definition) is 6. The van der Waals surface area contributed by atoms with Crippen LogP contribution in [0.2, 0.25) is 5.02 Å². The van der Waals surface area contributed by atoms with Gasteiger partial charge in [-0.25, -0.2) is 18.7 Å². The number of hydrogen-bond donors (Lipinski definition) is 2. The quantitative estimate of drug-likeness (QED) is 0.182.